The van der Waals surface area contributed by atoms with Crippen LogP contribution in [0.2, 0.25) is 0 Å². The summed E-state index contributed by atoms with van der Waals surface area (Å²) in [4.78, 5) is 37.1. The van der Waals surface area contributed by atoms with Gasteiger partial charge in [0.25, 0.3) is 5.91 Å². The maximum absolute atomic E-state index is 12.1. The van der Waals surface area contributed by atoms with Gasteiger partial charge in [-0.2, -0.15) is 0 Å². The maximum atomic E-state index is 12.1. The maximum Gasteiger partial charge on any atom is 0.338 e. The van der Waals surface area contributed by atoms with E-state index in [1.807, 2.05) is 18.2 Å². The number of amides is 3. The number of ether oxygens (including phenoxy) is 2. The van der Waals surface area contributed by atoms with Gasteiger partial charge in [0.15, 0.2) is 6.61 Å². The van der Waals surface area contributed by atoms with Crippen molar-refractivity contribution in [1.29, 1.82) is 0 Å². The summed E-state index contributed by atoms with van der Waals surface area (Å²) in [6, 6.07) is 15.1. The van der Waals surface area contributed by atoms with Crippen LogP contribution in [-0.4, -0.2) is 50.8 Å². The van der Waals surface area contributed by atoms with Crippen LogP contribution in [0.3, 0.4) is 0 Å². The van der Waals surface area contributed by atoms with E-state index in [0.29, 0.717) is 11.3 Å². The van der Waals surface area contributed by atoms with Crippen molar-refractivity contribution in [3.63, 3.8) is 0 Å². The van der Waals surface area contributed by atoms with E-state index in [-0.39, 0.29) is 0 Å². The van der Waals surface area contributed by atoms with Gasteiger partial charge in [-0.3, -0.25) is 10.1 Å². The van der Waals surface area contributed by atoms with Gasteiger partial charge >= 0.3 is 12.0 Å². The van der Waals surface area contributed by atoms with E-state index in [1.165, 1.54) is 4.90 Å². The normalized spacial score (nSPS) is 14.1. The van der Waals surface area contributed by atoms with Crippen LogP contribution in [0, 0.1) is 0 Å². The Kier molecular flexibility index (Phi) is 7.32. The Balaban J connectivity index is 1.41. The van der Waals surface area contributed by atoms with Crippen LogP contribution in [0.15, 0.2) is 54.6 Å². The molecule has 0 atom stereocenters. The Morgan fingerprint density at radius 3 is 2.34 bits per heavy atom. The van der Waals surface area contributed by atoms with Gasteiger partial charge in [0, 0.05) is 11.3 Å². The zero-order chi connectivity index (χ0) is 20.5. The lowest BCUT2D eigenvalue weighted by Gasteiger charge is -2.23. The average Bonchev–Trinajstić information content (AvgIpc) is 2.74. The summed E-state index contributed by atoms with van der Waals surface area (Å²) < 4.78 is 10.3. The zero-order valence-electron chi connectivity index (χ0n) is 16.0. The molecule has 3 rings (SSSR count). The Bertz CT molecular complexity index is 833. The number of quaternary nitrogens is 1. The molecule has 3 amide bonds. The van der Waals surface area contributed by atoms with Crippen LogP contribution in [0.1, 0.15) is 15.9 Å². The standard InChI is InChI=1S/C21H23N3O5/c25-19(23-21(27)22-18-4-2-1-3-5-18)15-29-20(26)17-8-6-16(7-9-17)14-24-10-12-28-13-11-24/h1-9H,10-15H2,(H2,22,23,25,27)/p+1. The first-order valence-electron chi connectivity index (χ1n) is 9.43. The minimum Gasteiger partial charge on any atom is -0.452 e. The second-order valence-corrected chi connectivity index (χ2v) is 6.68. The molecule has 0 aromatic heterocycles. The lowest BCUT2D eigenvalue weighted by atomic mass is 10.1. The van der Waals surface area contributed by atoms with E-state index in [9.17, 15) is 14.4 Å². The van der Waals surface area contributed by atoms with Gasteiger partial charge in [0.2, 0.25) is 0 Å². The lowest BCUT2D eigenvalue weighted by Crippen LogP contribution is -3.12. The Hall–Kier alpha value is -3.23. The van der Waals surface area contributed by atoms with Crippen molar-refractivity contribution in [1.82, 2.24) is 5.32 Å². The number of anilines is 1. The molecule has 1 heterocycles. The molecule has 1 saturated heterocycles. The molecule has 0 saturated carbocycles. The van der Waals surface area contributed by atoms with Crippen molar-refractivity contribution in [3.05, 3.63) is 65.7 Å². The first kappa shape index (κ1) is 20.5. The molecular formula is C21H24N3O5+. The average molecular weight is 398 g/mol. The highest BCUT2D eigenvalue weighted by Gasteiger charge is 2.16. The number of hydrogen-bond donors (Lipinski definition) is 3. The number of rotatable bonds is 6. The first-order valence-corrected chi connectivity index (χ1v) is 9.43. The minimum atomic E-state index is -0.709. The monoisotopic (exact) mass is 398 g/mol. The molecule has 8 heteroatoms. The highest BCUT2D eigenvalue weighted by molar-refractivity contribution is 6.02. The van der Waals surface area contributed by atoms with Crippen LogP contribution >= 0.6 is 0 Å². The van der Waals surface area contributed by atoms with Gasteiger partial charge in [0.05, 0.1) is 18.8 Å². The van der Waals surface area contributed by atoms with E-state index in [1.54, 1.807) is 36.4 Å². The summed E-state index contributed by atoms with van der Waals surface area (Å²) in [5.41, 5.74) is 2.02. The molecule has 2 aromatic rings. The third-order valence-corrected chi connectivity index (χ3v) is 4.46. The van der Waals surface area contributed by atoms with Crippen molar-refractivity contribution in [2.45, 2.75) is 6.54 Å². The number of hydrogen-bond acceptors (Lipinski definition) is 5. The smallest absolute Gasteiger partial charge is 0.338 e. The van der Waals surface area contributed by atoms with Crippen LogP contribution in [0.25, 0.3) is 0 Å². The van der Waals surface area contributed by atoms with Crippen LogP contribution < -0.4 is 15.5 Å². The Morgan fingerprint density at radius 2 is 1.66 bits per heavy atom. The highest BCUT2D eigenvalue weighted by atomic mass is 16.5. The van der Waals surface area contributed by atoms with Crippen molar-refractivity contribution in [3.8, 4) is 0 Å². The number of para-hydroxylation sites is 1. The van der Waals surface area contributed by atoms with Crippen molar-refractivity contribution in [2.24, 2.45) is 0 Å². The van der Waals surface area contributed by atoms with Crippen molar-refractivity contribution in [2.75, 3.05) is 38.2 Å². The largest absolute Gasteiger partial charge is 0.452 e. The van der Waals surface area contributed by atoms with E-state index in [4.69, 9.17) is 9.47 Å². The van der Waals surface area contributed by atoms with Crippen molar-refractivity contribution >= 4 is 23.6 Å². The molecule has 152 valence electrons. The van der Waals surface area contributed by atoms with Crippen LogP contribution in [0.4, 0.5) is 10.5 Å². The third kappa shape index (κ3) is 6.70. The number of morpholine rings is 1. The first-order chi connectivity index (χ1) is 14.1. The van der Waals surface area contributed by atoms with Gasteiger partial charge in [-0.1, -0.05) is 30.3 Å². The van der Waals surface area contributed by atoms with Gasteiger partial charge in [0.1, 0.15) is 19.6 Å². The Labute approximate surface area is 168 Å². The molecule has 29 heavy (non-hydrogen) atoms. The van der Waals surface area contributed by atoms with E-state index in [0.717, 1.165) is 38.4 Å². The summed E-state index contributed by atoms with van der Waals surface area (Å²) >= 11 is 0. The zero-order valence-corrected chi connectivity index (χ0v) is 16.0. The minimum absolute atomic E-state index is 0.354. The highest BCUT2D eigenvalue weighted by Crippen LogP contribution is 2.06. The molecule has 1 aliphatic rings. The van der Waals surface area contributed by atoms with Crippen LogP contribution in [0.5, 0.6) is 0 Å². The summed E-state index contributed by atoms with van der Waals surface area (Å²) in [6.07, 6.45) is 0. The van der Waals surface area contributed by atoms with Gasteiger partial charge in [-0.25, -0.2) is 9.59 Å². The molecule has 0 radical (unpaired) electrons. The van der Waals surface area contributed by atoms with E-state index >= 15 is 0 Å². The fraction of sp³-hybridized carbons (Fsp3) is 0.286. The number of benzene rings is 2. The quantitative estimate of drug-likeness (QED) is 0.620. The van der Waals surface area contributed by atoms with Gasteiger partial charge in [-0.05, 0) is 24.3 Å². The van der Waals surface area contributed by atoms with Gasteiger partial charge < -0.3 is 19.7 Å². The van der Waals surface area contributed by atoms with Crippen LogP contribution in [-0.2, 0) is 20.8 Å². The number of urea groups is 1. The summed E-state index contributed by atoms with van der Waals surface area (Å²) in [5, 5.41) is 4.62. The SMILES string of the molecule is O=C(COC(=O)c1ccc(C[NH+]2CCOCC2)cc1)NC(=O)Nc1ccccc1. The lowest BCUT2D eigenvalue weighted by molar-refractivity contribution is -0.921. The fourth-order valence-electron chi connectivity index (χ4n) is 2.95. The predicted molar refractivity (Wildman–Crippen MR) is 106 cm³/mol. The third-order valence-electron chi connectivity index (χ3n) is 4.46. The summed E-state index contributed by atoms with van der Waals surface area (Å²) in [5.74, 6) is -1.33. The Morgan fingerprint density at radius 1 is 0.966 bits per heavy atom. The molecule has 0 bridgehead atoms. The molecule has 1 aliphatic heterocycles. The van der Waals surface area contributed by atoms with Gasteiger partial charge in [-0.15, -0.1) is 0 Å². The molecule has 3 N–H and O–H groups in total. The molecule has 2 aromatic carbocycles. The summed E-state index contributed by atoms with van der Waals surface area (Å²) in [6.45, 7) is 3.81. The molecule has 0 aliphatic carbocycles. The second kappa shape index (κ2) is 10.4. The second-order valence-electron chi connectivity index (χ2n) is 6.68. The number of carbonyl (C=O) groups excluding carboxylic acids is 3. The van der Waals surface area contributed by atoms with E-state index < -0.39 is 24.5 Å². The fourth-order valence-corrected chi connectivity index (χ4v) is 2.95. The topological polar surface area (TPSA) is 98.2 Å². The number of nitrogens with one attached hydrogen (secondary N) is 3. The molecule has 0 unspecified atom stereocenters. The number of imide groups is 1. The number of carbonyl (C=O) groups is 3. The summed E-state index contributed by atoms with van der Waals surface area (Å²) in [7, 11) is 0. The van der Waals surface area contributed by atoms with Crippen molar-refractivity contribution < 1.29 is 28.8 Å². The van der Waals surface area contributed by atoms with E-state index in [2.05, 4.69) is 10.6 Å². The number of esters is 1. The molecular weight excluding hydrogens is 374 g/mol. The molecule has 1 fully saturated rings. The predicted octanol–water partition coefficient (Wildman–Crippen LogP) is 0.607. The molecule has 8 nitrogen and oxygen atoms in total. The molecule has 0 spiro atoms.